The summed E-state index contributed by atoms with van der Waals surface area (Å²) in [6.45, 7) is 7.14. The fraction of sp³-hybridized carbons (Fsp3) is 0.0727. The largest absolute Gasteiger partial charge is 0.319 e. The molecule has 0 unspecified atom stereocenters. The first-order chi connectivity index (χ1) is 30.8. The van der Waals surface area contributed by atoms with Gasteiger partial charge in [-0.25, -0.2) is 15.0 Å². The third kappa shape index (κ3) is 8.96. The number of rotatable bonds is 11. The van der Waals surface area contributed by atoms with Crippen molar-refractivity contribution >= 4 is 47.9 Å². The van der Waals surface area contributed by atoms with Crippen molar-refractivity contribution in [3.8, 4) is 67.5 Å². The Hall–Kier alpha value is -6.54. The molecule has 6 nitrogen and oxygen atoms in total. The van der Waals surface area contributed by atoms with Crippen LogP contribution < -0.4 is 26.5 Å². The lowest BCUT2D eigenvalue weighted by Crippen LogP contribution is -2.25. The summed E-state index contributed by atoms with van der Waals surface area (Å²) in [7, 11) is -8.17. The van der Waals surface area contributed by atoms with Gasteiger partial charge in [-0.15, -0.1) is 0 Å². The van der Waals surface area contributed by atoms with E-state index in [1.54, 1.807) is 26.7 Å². The summed E-state index contributed by atoms with van der Waals surface area (Å²) in [5.74, 6) is 1.49. The maximum absolute atomic E-state index is 15.3. The van der Waals surface area contributed by atoms with Crippen LogP contribution in [0.15, 0.2) is 206 Å². The van der Waals surface area contributed by atoms with Crippen LogP contribution in [0.3, 0.4) is 0 Å². The van der Waals surface area contributed by atoms with Gasteiger partial charge in [0.15, 0.2) is 24.6 Å². The smallest absolute Gasteiger partial charge is 0.171 e. The van der Waals surface area contributed by atoms with Gasteiger partial charge in [-0.2, -0.15) is 0 Å². The summed E-state index contributed by atoms with van der Waals surface area (Å²) in [5.41, 5.74) is 8.04. The summed E-state index contributed by atoms with van der Waals surface area (Å²) in [6, 6.07) is 67.5. The van der Waals surface area contributed by atoms with Gasteiger partial charge in [0.25, 0.3) is 0 Å². The van der Waals surface area contributed by atoms with Crippen molar-refractivity contribution in [2.24, 2.45) is 0 Å². The molecule has 9 heteroatoms. The molecule has 0 radical (unpaired) electrons. The molecule has 1 heterocycles. The second kappa shape index (κ2) is 17.6. The Morgan fingerprint density at radius 1 is 0.266 bits per heavy atom. The molecule has 8 aromatic carbocycles. The fourth-order valence-electron chi connectivity index (χ4n) is 7.92. The number of hydrogen-bond acceptors (Lipinski definition) is 6. The van der Waals surface area contributed by atoms with Crippen molar-refractivity contribution in [3.63, 3.8) is 0 Å². The van der Waals surface area contributed by atoms with Crippen LogP contribution in [0.5, 0.6) is 0 Å². The minimum absolute atomic E-state index is 0.493. The summed E-state index contributed by atoms with van der Waals surface area (Å²) >= 11 is 0. The topological polar surface area (TPSA) is 89.9 Å². The first kappa shape index (κ1) is 42.7. The van der Waals surface area contributed by atoms with Crippen LogP contribution >= 0.6 is 21.4 Å². The Balaban J connectivity index is 1.17. The van der Waals surface area contributed by atoms with Crippen molar-refractivity contribution in [1.29, 1.82) is 0 Å². The van der Waals surface area contributed by atoms with E-state index >= 15 is 4.57 Å². The normalized spacial score (nSPS) is 11.9. The molecule has 0 atom stereocenters. The van der Waals surface area contributed by atoms with E-state index in [-0.39, 0.29) is 0 Å². The third-order valence-electron chi connectivity index (χ3n) is 11.4. The fourth-order valence-corrected chi connectivity index (χ4v) is 12.4. The van der Waals surface area contributed by atoms with E-state index < -0.39 is 21.4 Å². The molecule has 0 N–H and O–H groups in total. The van der Waals surface area contributed by atoms with Crippen molar-refractivity contribution in [3.05, 3.63) is 206 Å². The van der Waals surface area contributed by atoms with Crippen LogP contribution in [-0.2, 0) is 13.7 Å². The molecule has 9 aromatic rings. The van der Waals surface area contributed by atoms with Gasteiger partial charge in [-0.05, 0) is 96.4 Å². The van der Waals surface area contributed by atoms with E-state index in [1.807, 2.05) is 188 Å². The standard InChI is InChI=1S/C55H46N3O3P3/c1-62(2,59)50-30-14-20-42(36-50)39-17-11-23-45(33-39)53-56-54(46-24-12-18-40(34-46)43-21-15-31-51(37-43)63(3,4)60)58-55(57-53)47-25-13-19-41(35-47)44-22-16-32-52(38-44)64(61,48-26-7-5-8-27-48)49-28-9-6-10-29-49/h5-38H,1-4H3. The van der Waals surface area contributed by atoms with Gasteiger partial charge in [0.1, 0.15) is 14.3 Å². The number of nitrogens with zero attached hydrogens (tertiary/aromatic N) is 3. The maximum atomic E-state index is 15.3. The SMILES string of the molecule is CP(C)(=O)c1cccc(-c2cccc(-c3nc(-c4cccc(-c5cccc(P(C)(C)=O)c5)c4)nc(-c4cccc(-c5cccc(P(=O)(c6ccccc6)c6ccccc6)c5)c4)n3)c2)c1. The zero-order valence-corrected chi connectivity index (χ0v) is 38.7. The molecule has 0 saturated heterocycles. The minimum Gasteiger partial charge on any atom is -0.319 e. The van der Waals surface area contributed by atoms with Gasteiger partial charge < -0.3 is 13.7 Å². The number of aromatic nitrogens is 3. The molecule has 64 heavy (non-hydrogen) atoms. The first-order valence-corrected chi connectivity index (χ1v) is 28.0. The van der Waals surface area contributed by atoms with Crippen LogP contribution in [0.1, 0.15) is 0 Å². The molecule has 0 fully saturated rings. The second-order valence-electron chi connectivity index (χ2n) is 16.7. The summed E-state index contributed by atoms with van der Waals surface area (Å²) < 4.78 is 41.4. The van der Waals surface area contributed by atoms with Crippen molar-refractivity contribution in [2.75, 3.05) is 26.7 Å². The van der Waals surface area contributed by atoms with E-state index in [2.05, 4.69) is 18.2 Å². The summed E-state index contributed by atoms with van der Waals surface area (Å²) in [4.78, 5) is 15.4. The van der Waals surface area contributed by atoms with Gasteiger partial charge in [0.2, 0.25) is 0 Å². The number of hydrogen-bond donors (Lipinski definition) is 0. The van der Waals surface area contributed by atoms with Gasteiger partial charge in [0, 0.05) is 43.2 Å². The van der Waals surface area contributed by atoms with Gasteiger partial charge in [-0.3, -0.25) is 0 Å². The van der Waals surface area contributed by atoms with Crippen molar-refractivity contribution in [1.82, 2.24) is 15.0 Å². The van der Waals surface area contributed by atoms with E-state index in [4.69, 9.17) is 15.0 Å². The molecule has 9 rings (SSSR count). The molecule has 0 bridgehead atoms. The third-order valence-corrected chi connectivity index (χ3v) is 17.5. The molecule has 0 aliphatic heterocycles. The van der Waals surface area contributed by atoms with Crippen molar-refractivity contribution < 1.29 is 13.7 Å². The molecule has 0 aliphatic carbocycles. The first-order valence-electron chi connectivity index (χ1n) is 21.0. The van der Waals surface area contributed by atoms with E-state index in [1.165, 1.54) is 0 Å². The molecule has 0 saturated carbocycles. The Bertz CT molecular complexity index is 3150. The minimum atomic E-state index is -3.21. The monoisotopic (exact) mass is 889 g/mol. The Morgan fingerprint density at radius 3 is 0.844 bits per heavy atom. The molecular formula is C55H46N3O3P3. The molecule has 314 valence electrons. The van der Waals surface area contributed by atoms with Crippen molar-refractivity contribution in [2.45, 2.75) is 0 Å². The van der Waals surface area contributed by atoms with E-state index in [0.717, 1.165) is 76.6 Å². The predicted molar refractivity (Wildman–Crippen MR) is 270 cm³/mol. The summed E-state index contributed by atoms with van der Waals surface area (Å²) in [5, 5.41) is 3.93. The highest BCUT2D eigenvalue weighted by Gasteiger charge is 2.30. The van der Waals surface area contributed by atoms with Crippen LogP contribution in [0.25, 0.3) is 67.5 Å². The lowest BCUT2D eigenvalue weighted by molar-refractivity contribution is 0.587. The van der Waals surface area contributed by atoms with Crippen LogP contribution in [0.4, 0.5) is 0 Å². The quantitative estimate of drug-likeness (QED) is 0.120. The molecule has 1 aromatic heterocycles. The van der Waals surface area contributed by atoms with Crippen LogP contribution in [0.2, 0.25) is 0 Å². The Kier molecular flexibility index (Phi) is 11.7. The Labute approximate surface area is 375 Å². The van der Waals surface area contributed by atoms with Gasteiger partial charge in [-0.1, -0.05) is 170 Å². The average molecular weight is 890 g/mol. The van der Waals surface area contributed by atoms with Gasteiger partial charge >= 0.3 is 0 Å². The lowest BCUT2D eigenvalue weighted by Gasteiger charge is -2.20. The highest BCUT2D eigenvalue weighted by Crippen LogP contribution is 2.43. The molecule has 0 aliphatic rings. The highest BCUT2D eigenvalue weighted by atomic mass is 31.2. The van der Waals surface area contributed by atoms with Crippen LogP contribution in [0, 0.1) is 0 Å². The predicted octanol–water partition coefficient (Wildman–Crippen LogP) is 12.0. The molecule has 0 amide bonds. The zero-order valence-electron chi connectivity index (χ0n) is 36.0. The number of benzene rings is 8. The lowest BCUT2D eigenvalue weighted by atomic mass is 10.0. The molecular weight excluding hydrogens is 844 g/mol. The van der Waals surface area contributed by atoms with E-state index in [9.17, 15) is 9.13 Å². The van der Waals surface area contributed by atoms with Crippen LogP contribution in [-0.4, -0.2) is 41.6 Å². The zero-order chi connectivity index (χ0) is 44.5. The van der Waals surface area contributed by atoms with E-state index in [0.29, 0.717) is 17.5 Å². The second-order valence-corrected chi connectivity index (χ2v) is 25.9. The summed E-state index contributed by atoms with van der Waals surface area (Å²) in [6.07, 6.45) is 0. The Morgan fingerprint density at radius 2 is 0.516 bits per heavy atom. The molecule has 0 spiro atoms. The van der Waals surface area contributed by atoms with Gasteiger partial charge in [0.05, 0.1) is 0 Å². The highest BCUT2D eigenvalue weighted by molar-refractivity contribution is 7.85. The maximum Gasteiger partial charge on any atom is 0.171 e. The average Bonchev–Trinajstić information content (AvgIpc) is 3.34.